The summed E-state index contributed by atoms with van der Waals surface area (Å²) in [5.41, 5.74) is 0.249. The number of aryl methyl sites for hydroxylation is 1. The molecule has 200 valence electrons. The van der Waals surface area contributed by atoms with Gasteiger partial charge in [-0.3, -0.25) is 9.59 Å². The number of hydrogen-bond donors (Lipinski definition) is 2. The number of carbonyl (C=O) groups is 2. The standard InChI is InChI=1S/C27H38FNO6S/c1-5-20-25(32)17(3)34-12-9-16(2)7-8-22(21(28)13-19-15-36-18(4)29-19)35-24(31)14-23(30)27(26(20)33)10-6-11-27/h7,13,15,17,20,22-23,25,30,32H,5-6,8-12,14H2,1-4H3/b16-7-,21-13-/t17-,20+,22+,23-,25-/m1/s1. The Kier molecular flexibility index (Phi) is 9.97. The van der Waals surface area contributed by atoms with Gasteiger partial charge in [0.1, 0.15) is 11.6 Å². The van der Waals surface area contributed by atoms with Gasteiger partial charge in [-0.2, -0.15) is 0 Å². The molecule has 0 unspecified atom stereocenters. The minimum absolute atomic E-state index is 0.110. The maximum Gasteiger partial charge on any atom is 0.309 e. The van der Waals surface area contributed by atoms with Gasteiger partial charge in [-0.05, 0) is 46.5 Å². The molecule has 1 aromatic heterocycles. The van der Waals surface area contributed by atoms with Crippen LogP contribution in [0.3, 0.4) is 0 Å². The molecule has 1 fully saturated rings. The molecule has 5 atom stereocenters. The largest absolute Gasteiger partial charge is 0.455 e. The number of cyclic esters (lactones) is 1. The number of ketones is 1. The van der Waals surface area contributed by atoms with Gasteiger partial charge in [-0.15, -0.1) is 11.3 Å². The molecule has 2 N–H and O–H groups in total. The quantitative estimate of drug-likeness (QED) is 0.437. The van der Waals surface area contributed by atoms with E-state index >= 15 is 4.39 Å². The molecule has 1 aliphatic heterocycles. The van der Waals surface area contributed by atoms with Crippen LogP contribution >= 0.6 is 11.3 Å². The molecule has 0 bridgehead atoms. The second-order valence-electron chi connectivity index (χ2n) is 10.0. The molecule has 0 saturated heterocycles. The lowest BCUT2D eigenvalue weighted by Crippen LogP contribution is -2.54. The van der Waals surface area contributed by atoms with Gasteiger partial charge in [0, 0.05) is 23.8 Å². The predicted octanol–water partition coefficient (Wildman–Crippen LogP) is 4.70. The highest BCUT2D eigenvalue weighted by Crippen LogP contribution is 2.48. The normalized spacial score (nSPS) is 32.5. The first-order valence-electron chi connectivity index (χ1n) is 12.7. The number of rotatable bonds is 3. The van der Waals surface area contributed by atoms with Crippen molar-refractivity contribution in [2.24, 2.45) is 11.3 Å². The third-order valence-electron chi connectivity index (χ3n) is 7.47. The number of aliphatic hydroxyl groups excluding tert-OH is 2. The topological polar surface area (TPSA) is 106 Å². The van der Waals surface area contributed by atoms with Crippen molar-refractivity contribution >= 4 is 29.2 Å². The van der Waals surface area contributed by atoms with Gasteiger partial charge in [0.25, 0.3) is 0 Å². The van der Waals surface area contributed by atoms with Crippen LogP contribution in [0, 0.1) is 18.3 Å². The lowest BCUT2D eigenvalue weighted by Gasteiger charge is -2.46. The Morgan fingerprint density at radius 2 is 2.03 bits per heavy atom. The van der Waals surface area contributed by atoms with Crippen LogP contribution < -0.4 is 0 Å². The Labute approximate surface area is 216 Å². The number of Topliss-reactive ketones (excluding diaryl/α,β-unsaturated/α-hetero) is 1. The number of thiazole rings is 1. The molecule has 2 aliphatic rings. The van der Waals surface area contributed by atoms with Crippen molar-refractivity contribution in [3.05, 3.63) is 33.6 Å². The summed E-state index contributed by atoms with van der Waals surface area (Å²) in [7, 11) is 0. The van der Waals surface area contributed by atoms with Crippen LogP contribution in [0.2, 0.25) is 0 Å². The van der Waals surface area contributed by atoms with Crippen molar-refractivity contribution < 1.29 is 33.7 Å². The summed E-state index contributed by atoms with van der Waals surface area (Å²) in [4.78, 5) is 30.7. The molecule has 1 spiro atoms. The highest BCUT2D eigenvalue weighted by molar-refractivity contribution is 7.09. The summed E-state index contributed by atoms with van der Waals surface area (Å²) < 4.78 is 26.5. The molecule has 0 aromatic carbocycles. The summed E-state index contributed by atoms with van der Waals surface area (Å²) in [5, 5.41) is 24.5. The van der Waals surface area contributed by atoms with Crippen molar-refractivity contribution in [3.8, 4) is 0 Å². The first-order valence-corrected chi connectivity index (χ1v) is 13.6. The van der Waals surface area contributed by atoms with Crippen LogP contribution in [0.15, 0.2) is 22.9 Å². The second-order valence-corrected chi connectivity index (χ2v) is 11.1. The second kappa shape index (κ2) is 12.5. The molecule has 9 heteroatoms. The number of aromatic nitrogens is 1. The monoisotopic (exact) mass is 523 g/mol. The number of aliphatic hydroxyl groups is 2. The van der Waals surface area contributed by atoms with Gasteiger partial charge in [-0.25, -0.2) is 9.37 Å². The fourth-order valence-corrected chi connectivity index (χ4v) is 5.52. The third kappa shape index (κ3) is 6.68. The van der Waals surface area contributed by atoms with E-state index in [0.29, 0.717) is 38.0 Å². The lowest BCUT2D eigenvalue weighted by atomic mass is 9.58. The maximum absolute atomic E-state index is 15.2. The average Bonchev–Trinajstić information content (AvgIpc) is 3.19. The molecule has 1 saturated carbocycles. The molecule has 1 aliphatic carbocycles. The van der Waals surface area contributed by atoms with Crippen LogP contribution in [-0.2, 0) is 19.1 Å². The molecule has 3 rings (SSSR count). The summed E-state index contributed by atoms with van der Waals surface area (Å²) in [6.07, 6.45) is 1.24. The smallest absolute Gasteiger partial charge is 0.309 e. The predicted molar refractivity (Wildman–Crippen MR) is 136 cm³/mol. The lowest BCUT2D eigenvalue weighted by molar-refractivity contribution is -0.163. The van der Waals surface area contributed by atoms with Crippen LogP contribution in [0.4, 0.5) is 4.39 Å². The zero-order valence-electron chi connectivity index (χ0n) is 21.5. The number of nitrogens with zero attached hydrogens (tertiary/aromatic N) is 1. The molecular formula is C27H38FNO6S. The summed E-state index contributed by atoms with van der Waals surface area (Å²) in [6.45, 7) is 7.57. The SMILES string of the molecule is CC[C@@H]1C(=O)C2(CCC2)[C@H](O)CC(=O)O[C@H](/C(F)=C/c2csc(C)n2)C/C=C(/C)CCO[C@H](C)[C@H]1O. The Balaban J connectivity index is 1.89. The van der Waals surface area contributed by atoms with Gasteiger partial charge in [-0.1, -0.05) is 25.0 Å². The first-order chi connectivity index (χ1) is 17.1. The van der Waals surface area contributed by atoms with E-state index in [2.05, 4.69) is 4.98 Å². The molecular weight excluding hydrogens is 485 g/mol. The number of esters is 1. The van der Waals surface area contributed by atoms with E-state index in [-0.39, 0.29) is 12.2 Å². The van der Waals surface area contributed by atoms with E-state index in [0.717, 1.165) is 17.0 Å². The van der Waals surface area contributed by atoms with Crippen LogP contribution in [0.25, 0.3) is 6.08 Å². The van der Waals surface area contributed by atoms with Gasteiger partial charge < -0.3 is 19.7 Å². The van der Waals surface area contributed by atoms with Gasteiger partial charge in [0.15, 0.2) is 6.10 Å². The van der Waals surface area contributed by atoms with Crippen molar-refractivity contribution in [2.45, 2.75) is 97.1 Å². The van der Waals surface area contributed by atoms with Gasteiger partial charge >= 0.3 is 5.97 Å². The molecule has 0 amide bonds. The Bertz CT molecular complexity index is 985. The Morgan fingerprint density at radius 3 is 2.61 bits per heavy atom. The molecule has 0 radical (unpaired) electrons. The number of carbonyl (C=O) groups excluding carboxylic acids is 2. The third-order valence-corrected chi connectivity index (χ3v) is 8.26. The molecule has 2 heterocycles. The fourth-order valence-electron chi connectivity index (χ4n) is 4.95. The fraction of sp³-hybridized carbons (Fsp3) is 0.667. The van der Waals surface area contributed by atoms with Crippen molar-refractivity contribution in [1.82, 2.24) is 4.98 Å². The number of ether oxygens (including phenoxy) is 2. The van der Waals surface area contributed by atoms with Crippen molar-refractivity contribution in [1.29, 1.82) is 0 Å². The maximum atomic E-state index is 15.2. The van der Waals surface area contributed by atoms with E-state index < -0.39 is 54.0 Å². The first kappa shape index (κ1) is 28.6. The Morgan fingerprint density at radius 1 is 1.31 bits per heavy atom. The van der Waals surface area contributed by atoms with Crippen LogP contribution in [0.1, 0.15) is 76.4 Å². The van der Waals surface area contributed by atoms with E-state index in [4.69, 9.17) is 9.47 Å². The Hall–Kier alpha value is -1.94. The zero-order chi connectivity index (χ0) is 26.5. The van der Waals surface area contributed by atoms with Gasteiger partial charge in [0.2, 0.25) is 0 Å². The minimum atomic E-state index is -1.28. The van der Waals surface area contributed by atoms with E-state index in [1.807, 2.05) is 20.8 Å². The summed E-state index contributed by atoms with van der Waals surface area (Å²) >= 11 is 1.39. The molecule has 7 nitrogen and oxygen atoms in total. The summed E-state index contributed by atoms with van der Waals surface area (Å²) in [5.74, 6) is -2.37. The number of halogens is 1. The van der Waals surface area contributed by atoms with Gasteiger partial charge in [0.05, 0.1) is 47.5 Å². The van der Waals surface area contributed by atoms with Crippen molar-refractivity contribution in [3.63, 3.8) is 0 Å². The molecule has 36 heavy (non-hydrogen) atoms. The number of hydrogen-bond acceptors (Lipinski definition) is 8. The zero-order valence-corrected chi connectivity index (χ0v) is 22.4. The molecule has 1 aromatic rings. The minimum Gasteiger partial charge on any atom is -0.455 e. The van der Waals surface area contributed by atoms with Crippen molar-refractivity contribution in [2.75, 3.05) is 6.61 Å². The highest BCUT2D eigenvalue weighted by atomic mass is 32.1. The van der Waals surface area contributed by atoms with E-state index in [9.17, 15) is 19.8 Å². The summed E-state index contributed by atoms with van der Waals surface area (Å²) in [6, 6.07) is 0. The van der Waals surface area contributed by atoms with E-state index in [1.54, 1.807) is 18.4 Å². The van der Waals surface area contributed by atoms with E-state index in [1.165, 1.54) is 17.4 Å². The van der Waals surface area contributed by atoms with Crippen LogP contribution in [0.5, 0.6) is 0 Å². The average molecular weight is 524 g/mol. The highest BCUT2D eigenvalue weighted by Gasteiger charge is 2.53. The van der Waals surface area contributed by atoms with Crippen LogP contribution in [-0.4, -0.2) is 58.0 Å².